The summed E-state index contributed by atoms with van der Waals surface area (Å²) in [5, 5.41) is 0.838. The third-order valence-corrected chi connectivity index (χ3v) is 4.33. The lowest BCUT2D eigenvalue weighted by Crippen LogP contribution is -2.41. The average molecular weight is 381 g/mol. The zero-order valence-electron chi connectivity index (χ0n) is 15.9. The van der Waals surface area contributed by atoms with Crippen LogP contribution in [0, 0.1) is 0 Å². The number of para-hydroxylation sites is 1. The monoisotopic (exact) mass is 381 g/mol. The van der Waals surface area contributed by atoms with E-state index in [0.29, 0.717) is 24.3 Å². The Kier molecular flexibility index (Phi) is 6.16. The van der Waals surface area contributed by atoms with Crippen LogP contribution in [-0.4, -0.2) is 30.1 Å². The Morgan fingerprint density at radius 1 is 1.00 bits per heavy atom. The van der Waals surface area contributed by atoms with Crippen molar-refractivity contribution in [1.82, 2.24) is 15.4 Å². The van der Waals surface area contributed by atoms with Crippen molar-refractivity contribution in [2.75, 3.05) is 13.7 Å². The maximum atomic E-state index is 12.4. The summed E-state index contributed by atoms with van der Waals surface area (Å²) in [7, 11) is 3.48. The summed E-state index contributed by atoms with van der Waals surface area (Å²) in [5.41, 5.74) is 6.39. The van der Waals surface area contributed by atoms with Crippen LogP contribution in [0.5, 0.6) is 11.5 Å². The summed E-state index contributed by atoms with van der Waals surface area (Å²) in [6, 6.07) is 14.8. The number of rotatable bonds is 7. The van der Waals surface area contributed by atoms with Crippen molar-refractivity contribution in [1.29, 1.82) is 0 Å². The zero-order chi connectivity index (χ0) is 19.9. The van der Waals surface area contributed by atoms with E-state index in [4.69, 9.17) is 9.47 Å². The van der Waals surface area contributed by atoms with Crippen LogP contribution in [-0.2, 0) is 11.8 Å². The molecule has 146 valence electrons. The fraction of sp³-hybridized carbons (Fsp3) is 0.238. The van der Waals surface area contributed by atoms with Gasteiger partial charge in [-0.25, -0.2) is 0 Å². The fourth-order valence-electron chi connectivity index (χ4n) is 2.87. The molecule has 2 aromatic carbocycles. The van der Waals surface area contributed by atoms with E-state index < -0.39 is 0 Å². The molecular weight excluding hydrogens is 358 g/mol. The van der Waals surface area contributed by atoms with E-state index in [1.165, 1.54) is 0 Å². The second-order valence-electron chi connectivity index (χ2n) is 6.30. The fourth-order valence-corrected chi connectivity index (χ4v) is 2.87. The number of aromatic nitrogens is 1. The third-order valence-electron chi connectivity index (χ3n) is 4.33. The zero-order valence-corrected chi connectivity index (χ0v) is 15.9. The van der Waals surface area contributed by atoms with E-state index in [9.17, 15) is 9.59 Å². The van der Waals surface area contributed by atoms with Crippen molar-refractivity contribution in [2.24, 2.45) is 7.05 Å². The minimum Gasteiger partial charge on any atom is -0.497 e. The van der Waals surface area contributed by atoms with Gasteiger partial charge in [0.1, 0.15) is 11.5 Å². The van der Waals surface area contributed by atoms with Crippen molar-refractivity contribution in [3.63, 3.8) is 0 Å². The maximum absolute atomic E-state index is 12.4. The first-order chi connectivity index (χ1) is 13.6. The van der Waals surface area contributed by atoms with Gasteiger partial charge in [0, 0.05) is 30.6 Å². The number of ether oxygens (including phenoxy) is 2. The normalized spacial score (nSPS) is 10.5. The van der Waals surface area contributed by atoms with Gasteiger partial charge >= 0.3 is 0 Å². The molecule has 2 N–H and O–H groups in total. The molecule has 0 fully saturated rings. The number of carbonyl (C=O) groups is 2. The summed E-state index contributed by atoms with van der Waals surface area (Å²) in [5.74, 6) is 0.852. The predicted molar refractivity (Wildman–Crippen MR) is 106 cm³/mol. The largest absolute Gasteiger partial charge is 0.497 e. The van der Waals surface area contributed by atoms with Gasteiger partial charge in [0.25, 0.3) is 5.91 Å². The highest BCUT2D eigenvalue weighted by atomic mass is 16.5. The second-order valence-corrected chi connectivity index (χ2v) is 6.30. The summed E-state index contributed by atoms with van der Waals surface area (Å²) in [6.07, 6.45) is 2.52. The third kappa shape index (κ3) is 4.62. The average Bonchev–Trinajstić information content (AvgIpc) is 3.07. The SMILES string of the molecule is COc1ccc(OCCCC(=O)NNC(=O)c2cn(C)c3ccccc23)cc1. The van der Waals surface area contributed by atoms with Gasteiger partial charge in [0.15, 0.2) is 0 Å². The van der Waals surface area contributed by atoms with E-state index in [0.717, 1.165) is 16.7 Å². The Bertz CT molecular complexity index is 963. The Hall–Kier alpha value is -3.48. The first kappa shape index (κ1) is 19.3. The Morgan fingerprint density at radius 2 is 1.71 bits per heavy atom. The number of carbonyl (C=O) groups excluding carboxylic acids is 2. The molecule has 0 unspecified atom stereocenters. The molecule has 0 saturated carbocycles. The molecule has 0 saturated heterocycles. The molecule has 0 radical (unpaired) electrons. The van der Waals surface area contributed by atoms with E-state index in [1.54, 1.807) is 13.3 Å². The van der Waals surface area contributed by atoms with E-state index in [-0.39, 0.29) is 18.2 Å². The Labute approximate surface area is 163 Å². The van der Waals surface area contributed by atoms with Crippen molar-refractivity contribution in [3.05, 3.63) is 60.3 Å². The molecule has 0 spiro atoms. The van der Waals surface area contributed by atoms with Crippen LogP contribution in [0.4, 0.5) is 0 Å². The quantitative estimate of drug-likeness (QED) is 0.487. The lowest BCUT2D eigenvalue weighted by atomic mass is 10.2. The molecular formula is C21H23N3O4. The molecule has 7 nitrogen and oxygen atoms in total. The van der Waals surface area contributed by atoms with Gasteiger partial charge in [-0.05, 0) is 36.8 Å². The van der Waals surface area contributed by atoms with E-state index in [1.807, 2.05) is 60.1 Å². The number of amides is 2. The van der Waals surface area contributed by atoms with Gasteiger partial charge in [0.2, 0.25) is 5.91 Å². The van der Waals surface area contributed by atoms with Gasteiger partial charge < -0.3 is 14.0 Å². The highest BCUT2D eigenvalue weighted by Crippen LogP contribution is 2.20. The molecule has 0 atom stereocenters. The van der Waals surface area contributed by atoms with Gasteiger partial charge in [-0.3, -0.25) is 20.4 Å². The van der Waals surface area contributed by atoms with Crippen molar-refractivity contribution in [2.45, 2.75) is 12.8 Å². The molecule has 2 amide bonds. The second kappa shape index (κ2) is 8.94. The van der Waals surface area contributed by atoms with Gasteiger partial charge in [0.05, 0.1) is 19.3 Å². The molecule has 0 aliphatic rings. The summed E-state index contributed by atoms with van der Waals surface area (Å²) in [4.78, 5) is 24.3. The standard InChI is InChI=1S/C21H23N3O4/c1-24-14-18(17-6-3-4-7-19(17)24)21(26)23-22-20(25)8-5-13-28-16-11-9-15(27-2)10-12-16/h3-4,6-7,9-12,14H,5,8,13H2,1-2H3,(H,22,25)(H,23,26). The van der Waals surface area contributed by atoms with Gasteiger partial charge in [-0.15, -0.1) is 0 Å². The van der Waals surface area contributed by atoms with E-state index >= 15 is 0 Å². The first-order valence-corrected chi connectivity index (χ1v) is 8.98. The van der Waals surface area contributed by atoms with Crippen molar-refractivity contribution < 1.29 is 19.1 Å². The smallest absolute Gasteiger partial charge is 0.271 e. The number of aryl methyl sites for hydroxylation is 1. The summed E-state index contributed by atoms with van der Waals surface area (Å²) in [6.45, 7) is 0.400. The number of hydrazine groups is 1. The van der Waals surface area contributed by atoms with Crippen LogP contribution < -0.4 is 20.3 Å². The summed E-state index contributed by atoms with van der Waals surface area (Å²) >= 11 is 0. The molecule has 0 aliphatic carbocycles. The summed E-state index contributed by atoms with van der Waals surface area (Å²) < 4.78 is 12.5. The molecule has 3 rings (SSSR count). The number of hydrogen-bond acceptors (Lipinski definition) is 4. The highest BCUT2D eigenvalue weighted by Gasteiger charge is 2.14. The molecule has 28 heavy (non-hydrogen) atoms. The van der Waals surface area contributed by atoms with Crippen LogP contribution >= 0.6 is 0 Å². The number of nitrogens with zero attached hydrogens (tertiary/aromatic N) is 1. The van der Waals surface area contributed by atoms with Gasteiger partial charge in [-0.1, -0.05) is 18.2 Å². The van der Waals surface area contributed by atoms with Crippen LogP contribution in [0.3, 0.4) is 0 Å². The number of methoxy groups -OCH3 is 1. The van der Waals surface area contributed by atoms with Crippen LogP contribution in [0.1, 0.15) is 23.2 Å². The molecule has 7 heteroatoms. The van der Waals surface area contributed by atoms with Crippen LogP contribution in [0.2, 0.25) is 0 Å². The van der Waals surface area contributed by atoms with Gasteiger partial charge in [-0.2, -0.15) is 0 Å². The first-order valence-electron chi connectivity index (χ1n) is 8.98. The van der Waals surface area contributed by atoms with E-state index in [2.05, 4.69) is 10.9 Å². The Balaban J connectivity index is 1.41. The number of nitrogens with one attached hydrogen (secondary N) is 2. The number of fused-ring (bicyclic) bond motifs is 1. The molecule has 0 aliphatic heterocycles. The number of hydrogen-bond donors (Lipinski definition) is 2. The van der Waals surface area contributed by atoms with Crippen molar-refractivity contribution >= 4 is 22.7 Å². The lowest BCUT2D eigenvalue weighted by Gasteiger charge is -2.08. The highest BCUT2D eigenvalue weighted by molar-refractivity contribution is 6.07. The molecule has 1 aromatic heterocycles. The van der Waals surface area contributed by atoms with Crippen LogP contribution in [0.15, 0.2) is 54.7 Å². The lowest BCUT2D eigenvalue weighted by molar-refractivity contribution is -0.122. The predicted octanol–water partition coefficient (Wildman–Crippen LogP) is 2.81. The Morgan fingerprint density at radius 3 is 2.46 bits per heavy atom. The van der Waals surface area contributed by atoms with Crippen molar-refractivity contribution in [3.8, 4) is 11.5 Å². The minimum atomic E-state index is -0.348. The topological polar surface area (TPSA) is 81.6 Å². The molecule has 3 aromatic rings. The molecule has 0 bridgehead atoms. The minimum absolute atomic E-state index is 0.242. The number of benzene rings is 2. The maximum Gasteiger partial charge on any atom is 0.271 e. The van der Waals surface area contributed by atoms with Crippen LogP contribution in [0.25, 0.3) is 10.9 Å². The molecule has 1 heterocycles.